The fourth-order valence-corrected chi connectivity index (χ4v) is 3.90. The first-order chi connectivity index (χ1) is 14.1. The first-order valence-corrected chi connectivity index (χ1v) is 9.72. The molecule has 3 nitrogen and oxygen atoms in total. The van der Waals surface area contributed by atoms with E-state index in [1.807, 2.05) is 36.4 Å². The lowest BCUT2D eigenvalue weighted by Gasteiger charge is -2.39. The zero-order chi connectivity index (χ0) is 20.2. The van der Waals surface area contributed by atoms with E-state index < -0.39 is 17.5 Å². The predicted octanol–water partition coefficient (Wildman–Crippen LogP) is 4.93. The highest BCUT2D eigenvalue weighted by Crippen LogP contribution is 2.29. The van der Waals surface area contributed by atoms with Gasteiger partial charge in [0, 0.05) is 32.2 Å². The lowest BCUT2D eigenvalue weighted by Crippen LogP contribution is -2.50. The Morgan fingerprint density at radius 3 is 1.80 bits per heavy atom. The summed E-state index contributed by atoms with van der Waals surface area (Å²) >= 11 is 0. The van der Waals surface area contributed by atoms with Gasteiger partial charge in [-0.25, -0.2) is 8.78 Å². The van der Waals surface area contributed by atoms with Crippen LogP contribution in [0.5, 0.6) is 0 Å². The number of nitrogens with zero attached hydrogens (tertiary/aromatic N) is 2. The van der Waals surface area contributed by atoms with Gasteiger partial charge in [-0.15, -0.1) is 12.4 Å². The molecule has 0 saturated carbocycles. The quantitative estimate of drug-likeness (QED) is 0.588. The molecule has 0 radical (unpaired) electrons. The molecule has 0 N–H and O–H groups in total. The molecule has 1 saturated heterocycles. The van der Waals surface area contributed by atoms with E-state index in [9.17, 15) is 13.6 Å². The fraction of sp³-hybridized carbons (Fsp3) is 0.208. The Morgan fingerprint density at radius 2 is 1.30 bits per heavy atom. The largest absolute Gasteiger partial charge is 0.336 e. The Labute approximate surface area is 181 Å². The number of amides is 1. The lowest BCUT2D eigenvalue weighted by atomic mass is 9.96. The van der Waals surface area contributed by atoms with E-state index in [2.05, 4.69) is 29.2 Å². The molecule has 0 unspecified atom stereocenters. The van der Waals surface area contributed by atoms with E-state index in [0.717, 1.165) is 12.1 Å². The number of rotatable bonds is 4. The van der Waals surface area contributed by atoms with Crippen LogP contribution in [-0.4, -0.2) is 41.9 Å². The molecule has 0 spiro atoms. The maximum Gasteiger partial charge on any atom is 0.256 e. The maximum atomic E-state index is 14.0. The van der Waals surface area contributed by atoms with E-state index in [1.54, 1.807) is 4.90 Å². The Kier molecular flexibility index (Phi) is 7.19. The molecular weight excluding hydrogens is 406 g/mol. The zero-order valence-electron chi connectivity index (χ0n) is 16.4. The molecule has 4 rings (SSSR count). The molecule has 3 aromatic rings. The number of halogens is 3. The highest BCUT2D eigenvalue weighted by Gasteiger charge is 2.29. The topological polar surface area (TPSA) is 23.6 Å². The number of benzene rings is 3. The lowest BCUT2D eigenvalue weighted by molar-refractivity contribution is 0.0593. The molecule has 1 aliphatic rings. The molecule has 0 aromatic heterocycles. The van der Waals surface area contributed by atoms with E-state index in [1.165, 1.54) is 17.2 Å². The van der Waals surface area contributed by atoms with Crippen LogP contribution in [0.15, 0.2) is 78.9 Å². The molecule has 0 aliphatic carbocycles. The molecule has 0 atom stereocenters. The van der Waals surface area contributed by atoms with Crippen molar-refractivity contribution in [2.75, 3.05) is 26.2 Å². The molecule has 6 heteroatoms. The van der Waals surface area contributed by atoms with E-state index in [0.29, 0.717) is 26.2 Å². The van der Waals surface area contributed by atoms with Gasteiger partial charge in [0.15, 0.2) is 0 Å². The average molecular weight is 429 g/mol. The van der Waals surface area contributed by atoms with Crippen molar-refractivity contribution in [3.05, 3.63) is 107 Å². The van der Waals surface area contributed by atoms with Gasteiger partial charge in [0.1, 0.15) is 11.6 Å². The summed E-state index contributed by atoms with van der Waals surface area (Å²) in [5.41, 5.74) is 2.31. The van der Waals surface area contributed by atoms with Gasteiger partial charge in [-0.05, 0) is 23.3 Å². The molecule has 156 valence electrons. The molecular formula is C24H23ClF2N2O. The second kappa shape index (κ2) is 9.83. The zero-order valence-corrected chi connectivity index (χ0v) is 17.2. The van der Waals surface area contributed by atoms with E-state index in [4.69, 9.17) is 0 Å². The molecule has 30 heavy (non-hydrogen) atoms. The van der Waals surface area contributed by atoms with Crippen LogP contribution in [-0.2, 0) is 0 Å². The Bertz CT molecular complexity index is 938. The van der Waals surface area contributed by atoms with E-state index in [-0.39, 0.29) is 24.0 Å². The van der Waals surface area contributed by atoms with Gasteiger partial charge in [-0.1, -0.05) is 60.7 Å². The SMILES string of the molecule is Cl.O=C(c1ccc(F)cc1F)N1CCN(C(c2ccccc2)c2ccccc2)CC1. The molecule has 1 fully saturated rings. The van der Waals surface area contributed by atoms with Crippen molar-refractivity contribution in [1.82, 2.24) is 9.80 Å². The molecule has 0 bridgehead atoms. The van der Waals surface area contributed by atoms with Crippen LogP contribution in [0.25, 0.3) is 0 Å². The summed E-state index contributed by atoms with van der Waals surface area (Å²) in [4.78, 5) is 16.7. The minimum atomic E-state index is -0.816. The highest BCUT2D eigenvalue weighted by atomic mass is 35.5. The summed E-state index contributed by atoms with van der Waals surface area (Å²) in [7, 11) is 0. The minimum absolute atomic E-state index is 0. The number of hydrogen-bond donors (Lipinski definition) is 0. The van der Waals surface area contributed by atoms with Crippen molar-refractivity contribution in [2.24, 2.45) is 0 Å². The highest BCUT2D eigenvalue weighted by molar-refractivity contribution is 5.94. The van der Waals surface area contributed by atoms with Crippen LogP contribution in [0.4, 0.5) is 8.78 Å². The van der Waals surface area contributed by atoms with Crippen LogP contribution in [0.2, 0.25) is 0 Å². The van der Waals surface area contributed by atoms with Gasteiger partial charge >= 0.3 is 0 Å². The van der Waals surface area contributed by atoms with Gasteiger partial charge in [0.25, 0.3) is 5.91 Å². The summed E-state index contributed by atoms with van der Waals surface area (Å²) < 4.78 is 27.1. The van der Waals surface area contributed by atoms with Crippen LogP contribution in [0.1, 0.15) is 27.5 Å². The molecule has 1 aliphatic heterocycles. The maximum absolute atomic E-state index is 14.0. The number of piperazine rings is 1. The average Bonchev–Trinajstić information content (AvgIpc) is 2.76. The van der Waals surface area contributed by atoms with Crippen molar-refractivity contribution in [3.8, 4) is 0 Å². The van der Waals surface area contributed by atoms with Crippen LogP contribution >= 0.6 is 12.4 Å². The summed E-state index contributed by atoms with van der Waals surface area (Å²) in [5, 5.41) is 0. The molecule has 1 heterocycles. The van der Waals surface area contributed by atoms with Crippen molar-refractivity contribution < 1.29 is 13.6 Å². The third kappa shape index (κ3) is 4.69. The standard InChI is InChI=1S/C24H22F2N2O.ClH/c25-20-11-12-21(22(26)17-20)24(29)28-15-13-27(14-16-28)23(18-7-3-1-4-8-18)19-9-5-2-6-10-19;/h1-12,17,23H,13-16H2;1H. The van der Waals surface area contributed by atoms with Gasteiger partial charge in [-0.2, -0.15) is 0 Å². The van der Waals surface area contributed by atoms with Crippen LogP contribution in [0.3, 0.4) is 0 Å². The fourth-order valence-electron chi connectivity index (χ4n) is 3.90. The second-order valence-corrected chi connectivity index (χ2v) is 7.18. The summed E-state index contributed by atoms with van der Waals surface area (Å²) in [6.45, 7) is 2.32. The van der Waals surface area contributed by atoms with Gasteiger partial charge in [0.2, 0.25) is 0 Å². The number of hydrogen-bond acceptors (Lipinski definition) is 2. The third-order valence-electron chi connectivity index (χ3n) is 5.36. The van der Waals surface area contributed by atoms with Gasteiger partial charge < -0.3 is 4.90 Å². The number of carbonyl (C=O) groups is 1. The van der Waals surface area contributed by atoms with Crippen molar-refractivity contribution in [2.45, 2.75) is 6.04 Å². The first kappa shape index (κ1) is 21.9. The smallest absolute Gasteiger partial charge is 0.256 e. The number of carbonyl (C=O) groups excluding carboxylic acids is 1. The van der Waals surface area contributed by atoms with Crippen molar-refractivity contribution in [3.63, 3.8) is 0 Å². The molecule has 1 amide bonds. The predicted molar refractivity (Wildman–Crippen MR) is 116 cm³/mol. The summed E-state index contributed by atoms with van der Waals surface area (Å²) in [6.07, 6.45) is 0. The van der Waals surface area contributed by atoms with Crippen molar-refractivity contribution >= 4 is 18.3 Å². The second-order valence-electron chi connectivity index (χ2n) is 7.18. The summed E-state index contributed by atoms with van der Waals surface area (Å²) in [5.74, 6) is -1.89. The Morgan fingerprint density at radius 1 is 0.767 bits per heavy atom. The third-order valence-corrected chi connectivity index (χ3v) is 5.36. The van der Waals surface area contributed by atoms with Crippen LogP contribution < -0.4 is 0 Å². The first-order valence-electron chi connectivity index (χ1n) is 9.72. The normalized spacial score (nSPS) is 14.4. The Hall–Kier alpha value is -2.76. The summed E-state index contributed by atoms with van der Waals surface area (Å²) in [6, 6.07) is 23.8. The van der Waals surface area contributed by atoms with Crippen molar-refractivity contribution in [1.29, 1.82) is 0 Å². The molecule has 3 aromatic carbocycles. The van der Waals surface area contributed by atoms with E-state index >= 15 is 0 Å². The Balaban J connectivity index is 0.00000256. The van der Waals surface area contributed by atoms with Gasteiger partial charge in [0.05, 0.1) is 11.6 Å². The minimum Gasteiger partial charge on any atom is -0.336 e. The van der Waals surface area contributed by atoms with Gasteiger partial charge in [-0.3, -0.25) is 9.69 Å². The monoisotopic (exact) mass is 428 g/mol. The van der Waals surface area contributed by atoms with Crippen LogP contribution in [0, 0.1) is 11.6 Å².